The third-order valence-corrected chi connectivity index (χ3v) is 4.13. The minimum Gasteiger partial charge on any atom is -0.343 e. The monoisotopic (exact) mass is 386 g/mol. The van der Waals surface area contributed by atoms with Crippen molar-refractivity contribution in [2.24, 2.45) is 5.92 Å². The van der Waals surface area contributed by atoms with Crippen LogP contribution in [0.4, 0.5) is 0 Å². The SMILES string of the molecule is CC(C)CC1NC(=O)C(C)NC(=O)CNC(=O)/C(=C/c2ccccc2)NC1=O. The molecule has 0 radical (unpaired) electrons. The number of benzene rings is 1. The van der Waals surface area contributed by atoms with Gasteiger partial charge in [-0.05, 0) is 30.9 Å². The van der Waals surface area contributed by atoms with Crippen molar-refractivity contribution in [3.05, 3.63) is 41.6 Å². The van der Waals surface area contributed by atoms with Gasteiger partial charge in [0.1, 0.15) is 17.8 Å². The van der Waals surface area contributed by atoms with Crippen LogP contribution in [0.2, 0.25) is 0 Å². The Labute approximate surface area is 164 Å². The molecule has 4 amide bonds. The van der Waals surface area contributed by atoms with E-state index in [4.69, 9.17) is 0 Å². The van der Waals surface area contributed by atoms with Crippen molar-refractivity contribution in [1.82, 2.24) is 21.3 Å². The van der Waals surface area contributed by atoms with Crippen LogP contribution in [0.1, 0.15) is 32.8 Å². The van der Waals surface area contributed by atoms with E-state index in [9.17, 15) is 19.2 Å². The van der Waals surface area contributed by atoms with Crippen molar-refractivity contribution in [1.29, 1.82) is 0 Å². The van der Waals surface area contributed by atoms with Crippen LogP contribution in [0, 0.1) is 5.92 Å². The number of carbonyl (C=O) groups is 4. The van der Waals surface area contributed by atoms with E-state index in [0.717, 1.165) is 0 Å². The standard InChI is InChI=1S/C20H26N4O4/c1-12(2)9-15-20(28)24-16(10-14-7-5-4-6-8-14)19(27)21-11-17(25)22-13(3)18(26)23-15/h4-8,10,12-13,15H,9,11H2,1-3H3,(H,21,27)(H,22,25)(H,23,26)(H,24,28)/b16-10-. The predicted molar refractivity (Wildman–Crippen MR) is 105 cm³/mol. The van der Waals surface area contributed by atoms with Crippen molar-refractivity contribution in [2.75, 3.05) is 6.54 Å². The number of nitrogens with one attached hydrogen (secondary N) is 4. The summed E-state index contributed by atoms with van der Waals surface area (Å²) in [4.78, 5) is 49.7. The molecule has 2 rings (SSSR count). The Bertz CT molecular complexity index is 774. The Balaban J connectivity index is 2.35. The Morgan fingerprint density at radius 1 is 1.04 bits per heavy atom. The van der Waals surface area contributed by atoms with E-state index in [1.165, 1.54) is 13.0 Å². The van der Waals surface area contributed by atoms with Gasteiger partial charge >= 0.3 is 0 Å². The van der Waals surface area contributed by atoms with E-state index in [-0.39, 0.29) is 18.2 Å². The smallest absolute Gasteiger partial charge is 0.268 e. The van der Waals surface area contributed by atoms with E-state index in [0.29, 0.717) is 12.0 Å². The first kappa shape index (κ1) is 21.1. The van der Waals surface area contributed by atoms with Gasteiger partial charge in [0, 0.05) is 0 Å². The van der Waals surface area contributed by atoms with Gasteiger partial charge in [0.25, 0.3) is 5.91 Å². The highest BCUT2D eigenvalue weighted by Gasteiger charge is 2.27. The molecule has 2 unspecified atom stereocenters. The molecule has 28 heavy (non-hydrogen) atoms. The predicted octanol–water partition coefficient (Wildman–Crippen LogP) is 0.309. The lowest BCUT2D eigenvalue weighted by atomic mass is 10.0. The summed E-state index contributed by atoms with van der Waals surface area (Å²) in [5, 5.41) is 10.2. The largest absolute Gasteiger partial charge is 0.343 e. The minimum absolute atomic E-state index is 0.000581. The van der Waals surface area contributed by atoms with Crippen LogP contribution in [0.3, 0.4) is 0 Å². The summed E-state index contributed by atoms with van der Waals surface area (Å²) >= 11 is 0. The molecule has 1 aliphatic rings. The minimum atomic E-state index is -0.835. The van der Waals surface area contributed by atoms with E-state index in [1.54, 1.807) is 24.3 Å². The van der Waals surface area contributed by atoms with Crippen LogP contribution in [0.5, 0.6) is 0 Å². The number of hydrogen-bond donors (Lipinski definition) is 4. The normalized spacial score (nSPS) is 23.2. The molecule has 8 nitrogen and oxygen atoms in total. The number of hydrogen-bond acceptors (Lipinski definition) is 4. The summed E-state index contributed by atoms with van der Waals surface area (Å²) < 4.78 is 0. The molecule has 1 saturated heterocycles. The van der Waals surface area contributed by atoms with Crippen molar-refractivity contribution in [3.63, 3.8) is 0 Å². The number of carbonyl (C=O) groups excluding carboxylic acids is 4. The van der Waals surface area contributed by atoms with Crippen LogP contribution in [-0.4, -0.2) is 42.3 Å². The molecule has 0 bridgehead atoms. The van der Waals surface area contributed by atoms with Gasteiger partial charge in [0.05, 0.1) is 6.54 Å². The molecule has 1 aromatic rings. The Morgan fingerprint density at radius 2 is 1.71 bits per heavy atom. The zero-order valence-corrected chi connectivity index (χ0v) is 16.2. The van der Waals surface area contributed by atoms with E-state index in [2.05, 4.69) is 21.3 Å². The first-order chi connectivity index (χ1) is 13.3. The van der Waals surface area contributed by atoms with Gasteiger partial charge in [-0.15, -0.1) is 0 Å². The van der Waals surface area contributed by atoms with Crippen LogP contribution < -0.4 is 21.3 Å². The molecule has 1 heterocycles. The van der Waals surface area contributed by atoms with Gasteiger partial charge in [-0.25, -0.2) is 0 Å². The fourth-order valence-corrected chi connectivity index (χ4v) is 2.71. The topological polar surface area (TPSA) is 116 Å². The molecule has 2 atom stereocenters. The number of rotatable bonds is 3. The second kappa shape index (κ2) is 9.68. The summed E-state index contributed by atoms with van der Waals surface area (Å²) in [6.45, 7) is 5.06. The Kier molecular flexibility index (Phi) is 7.31. The maximum Gasteiger partial charge on any atom is 0.268 e. The zero-order valence-electron chi connectivity index (χ0n) is 16.2. The molecule has 8 heteroatoms. The van der Waals surface area contributed by atoms with Crippen LogP contribution >= 0.6 is 0 Å². The maximum absolute atomic E-state index is 12.8. The van der Waals surface area contributed by atoms with Crippen molar-refractivity contribution < 1.29 is 19.2 Å². The molecule has 0 spiro atoms. The van der Waals surface area contributed by atoms with Gasteiger partial charge in [0.15, 0.2) is 0 Å². The lowest BCUT2D eigenvalue weighted by Gasteiger charge is -2.24. The molecular weight excluding hydrogens is 360 g/mol. The molecule has 0 saturated carbocycles. The van der Waals surface area contributed by atoms with Crippen LogP contribution in [0.15, 0.2) is 36.0 Å². The average molecular weight is 386 g/mol. The molecule has 150 valence electrons. The van der Waals surface area contributed by atoms with Gasteiger partial charge in [-0.2, -0.15) is 0 Å². The third kappa shape index (κ3) is 6.22. The molecule has 1 aromatic carbocycles. The van der Waals surface area contributed by atoms with Gasteiger partial charge < -0.3 is 21.3 Å². The van der Waals surface area contributed by atoms with Crippen LogP contribution in [-0.2, 0) is 19.2 Å². The van der Waals surface area contributed by atoms with E-state index >= 15 is 0 Å². The highest BCUT2D eigenvalue weighted by atomic mass is 16.2. The van der Waals surface area contributed by atoms with Gasteiger partial charge in [-0.1, -0.05) is 44.2 Å². The third-order valence-electron chi connectivity index (χ3n) is 4.13. The van der Waals surface area contributed by atoms with Crippen molar-refractivity contribution >= 4 is 29.7 Å². The molecule has 1 fully saturated rings. The van der Waals surface area contributed by atoms with Crippen LogP contribution in [0.25, 0.3) is 6.08 Å². The fourth-order valence-electron chi connectivity index (χ4n) is 2.71. The van der Waals surface area contributed by atoms with E-state index in [1.807, 2.05) is 19.9 Å². The lowest BCUT2D eigenvalue weighted by Crippen LogP contribution is -2.55. The zero-order chi connectivity index (χ0) is 20.7. The second-order valence-corrected chi connectivity index (χ2v) is 7.12. The molecule has 0 aliphatic carbocycles. The molecule has 1 aliphatic heterocycles. The average Bonchev–Trinajstić information content (AvgIpc) is 2.64. The quantitative estimate of drug-likeness (QED) is 0.560. The Hall–Kier alpha value is -3.16. The molecule has 4 N–H and O–H groups in total. The summed E-state index contributed by atoms with van der Waals surface area (Å²) in [6.07, 6.45) is 1.91. The van der Waals surface area contributed by atoms with Gasteiger partial charge in [0.2, 0.25) is 17.7 Å². The lowest BCUT2D eigenvalue weighted by molar-refractivity contribution is -0.133. The highest BCUT2D eigenvalue weighted by molar-refractivity contribution is 6.04. The van der Waals surface area contributed by atoms with Crippen molar-refractivity contribution in [3.8, 4) is 0 Å². The maximum atomic E-state index is 12.8. The van der Waals surface area contributed by atoms with E-state index < -0.39 is 35.7 Å². The van der Waals surface area contributed by atoms with Gasteiger partial charge in [-0.3, -0.25) is 19.2 Å². The second-order valence-electron chi connectivity index (χ2n) is 7.12. The molecule has 0 aromatic heterocycles. The number of amides is 4. The van der Waals surface area contributed by atoms with Crippen molar-refractivity contribution in [2.45, 2.75) is 39.3 Å². The molecular formula is C20H26N4O4. The summed E-state index contributed by atoms with van der Waals surface area (Å²) in [5.74, 6) is -1.91. The first-order valence-corrected chi connectivity index (χ1v) is 9.21. The summed E-state index contributed by atoms with van der Waals surface area (Å²) in [6, 6.07) is 7.34. The Morgan fingerprint density at radius 3 is 2.36 bits per heavy atom. The highest BCUT2D eigenvalue weighted by Crippen LogP contribution is 2.09. The fraction of sp³-hybridized carbons (Fsp3) is 0.400. The summed E-state index contributed by atoms with van der Waals surface area (Å²) in [7, 11) is 0. The summed E-state index contributed by atoms with van der Waals surface area (Å²) in [5.41, 5.74) is 0.711. The first-order valence-electron chi connectivity index (χ1n) is 9.21.